The number of carbonyl (C=O) groups is 1. The van der Waals surface area contributed by atoms with Gasteiger partial charge in [0, 0.05) is 6.42 Å². The third-order valence-corrected chi connectivity index (χ3v) is 5.34. The number of aromatic nitrogens is 3. The molecule has 1 aliphatic heterocycles. The Balaban J connectivity index is 0.00000171. The number of hydrogen-bond donors (Lipinski definition) is 2. The van der Waals surface area contributed by atoms with Crippen molar-refractivity contribution >= 4 is 18.4 Å². The van der Waals surface area contributed by atoms with E-state index in [1.807, 2.05) is 37.3 Å². The maximum atomic E-state index is 13.1. The highest BCUT2D eigenvalue weighted by Crippen LogP contribution is 2.18. The van der Waals surface area contributed by atoms with Crippen LogP contribution in [0.2, 0.25) is 0 Å². The number of fused-ring (bicyclic) bond motifs is 1. The molecule has 2 heterocycles. The Morgan fingerprint density at radius 2 is 1.71 bits per heavy atom. The molecule has 2 aromatic carbocycles. The average molecular weight is 447 g/mol. The van der Waals surface area contributed by atoms with Gasteiger partial charge in [0.25, 0.3) is 0 Å². The van der Waals surface area contributed by atoms with Crippen molar-refractivity contribution in [2.45, 2.75) is 32.6 Å². The van der Waals surface area contributed by atoms with E-state index in [0.717, 1.165) is 42.9 Å². The third-order valence-electron chi connectivity index (χ3n) is 5.34. The zero-order valence-electron chi connectivity index (χ0n) is 17.3. The van der Waals surface area contributed by atoms with E-state index in [1.165, 1.54) is 15.8 Å². The molecule has 8 nitrogen and oxygen atoms in total. The standard InChI is InChI=1S/C22H24N4O3.ClH.H2O/c1-15-24-26(20-8-5-17-10-12-23-13-11-18(17)14-20)22(29)25(15)19-6-2-16(3-7-19)4-9-21(27)28;;/h2-3,5-8,14,23H,4,9-13H2,1H3,(H,27,28);1H;1H2. The van der Waals surface area contributed by atoms with E-state index in [-0.39, 0.29) is 30.0 Å². The summed E-state index contributed by atoms with van der Waals surface area (Å²) in [4.78, 5) is 23.8. The summed E-state index contributed by atoms with van der Waals surface area (Å²) in [6.07, 6.45) is 2.48. The number of carboxylic acids is 1. The van der Waals surface area contributed by atoms with Gasteiger partial charge >= 0.3 is 11.7 Å². The predicted octanol–water partition coefficient (Wildman–Crippen LogP) is 1.63. The first kappa shape index (κ1) is 24.3. The summed E-state index contributed by atoms with van der Waals surface area (Å²) >= 11 is 0. The van der Waals surface area contributed by atoms with Crippen molar-refractivity contribution < 1.29 is 15.4 Å². The molecular formula is C22H27ClN4O4. The third kappa shape index (κ3) is 5.22. The minimum Gasteiger partial charge on any atom is -0.481 e. The minimum absolute atomic E-state index is 0. The van der Waals surface area contributed by atoms with E-state index in [4.69, 9.17) is 5.11 Å². The van der Waals surface area contributed by atoms with Crippen LogP contribution in [0.1, 0.15) is 28.9 Å². The lowest BCUT2D eigenvalue weighted by Crippen LogP contribution is -2.23. The van der Waals surface area contributed by atoms with Gasteiger partial charge in [-0.3, -0.25) is 4.79 Å². The van der Waals surface area contributed by atoms with Gasteiger partial charge in [-0.25, -0.2) is 9.36 Å². The Kier molecular flexibility index (Phi) is 8.15. The molecule has 9 heteroatoms. The zero-order chi connectivity index (χ0) is 20.4. The topological polar surface area (TPSA) is 121 Å². The van der Waals surface area contributed by atoms with Crippen molar-refractivity contribution in [3.63, 3.8) is 0 Å². The van der Waals surface area contributed by atoms with Crippen LogP contribution in [-0.2, 0) is 24.1 Å². The van der Waals surface area contributed by atoms with Crippen LogP contribution in [0.3, 0.4) is 0 Å². The first-order chi connectivity index (χ1) is 14.0. The van der Waals surface area contributed by atoms with E-state index < -0.39 is 5.97 Å². The van der Waals surface area contributed by atoms with Crippen molar-refractivity contribution in [1.29, 1.82) is 0 Å². The van der Waals surface area contributed by atoms with Crippen LogP contribution in [0.15, 0.2) is 47.3 Å². The lowest BCUT2D eigenvalue weighted by molar-refractivity contribution is -0.136. The number of nitrogens with zero attached hydrogens (tertiary/aromatic N) is 3. The van der Waals surface area contributed by atoms with Gasteiger partial charge in [-0.15, -0.1) is 17.5 Å². The van der Waals surface area contributed by atoms with E-state index in [1.54, 1.807) is 4.57 Å². The molecule has 166 valence electrons. The van der Waals surface area contributed by atoms with Crippen LogP contribution in [0.25, 0.3) is 11.4 Å². The van der Waals surface area contributed by atoms with Crippen molar-refractivity contribution in [3.05, 3.63) is 75.5 Å². The van der Waals surface area contributed by atoms with Gasteiger partial charge in [0.05, 0.1) is 11.4 Å². The van der Waals surface area contributed by atoms with Gasteiger partial charge in [-0.05, 0) is 80.2 Å². The Morgan fingerprint density at radius 1 is 1.06 bits per heavy atom. The molecule has 0 spiro atoms. The number of hydrogen-bond acceptors (Lipinski definition) is 4. The molecule has 4 N–H and O–H groups in total. The number of aliphatic carboxylic acids is 1. The number of rotatable bonds is 5. The molecule has 0 bridgehead atoms. The van der Waals surface area contributed by atoms with Crippen LogP contribution >= 0.6 is 12.4 Å². The molecule has 0 amide bonds. The molecule has 31 heavy (non-hydrogen) atoms. The molecule has 0 saturated carbocycles. The summed E-state index contributed by atoms with van der Waals surface area (Å²) < 4.78 is 3.03. The molecule has 0 unspecified atom stereocenters. The van der Waals surface area contributed by atoms with Crippen molar-refractivity contribution in [2.24, 2.45) is 0 Å². The molecule has 0 fully saturated rings. The number of carboxylic acid groups (broad SMARTS) is 1. The van der Waals surface area contributed by atoms with Crippen molar-refractivity contribution in [2.75, 3.05) is 13.1 Å². The second kappa shape index (κ2) is 10.4. The van der Waals surface area contributed by atoms with Gasteiger partial charge < -0.3 is 15.9 Å². The van der Waals surface area contributed by atoms with Gasteiger partial charge in [-0.2, -0.15) is 4.68 Å². The van der Waals surface area contributed by atoms with E-state index in [2.05, 4.69) is 22.5 Å². The highest BCUT2D eigenvalue weighted by molar-refractivity contribution is 5.85. The van der Waals surface area contributed by atoms with Crippen molar-refractivity contribution in [3.8, 4) is 11.4 Å². The lowest BCUT2D eigenvalue weighted by atomic mass is 10.0. The van der Waals surface area contributed by atoms with Crippen molar-refractivity contribution in [1.82, 2.24) is 19.7 Å². The Bertz CT molecular complexity index is 1110. The fourth-order valence-electron chi connectivity index (χ4n) is 3.79. The molecule has 4 rings (SSSR count). The Morgan fingerprint density at radius 3 is 2.39 bits per heavy atom. The SMILES string of the molecule is Cc1nn(-c2ccc3c(c2)CCNCC3)c(=O)n1-c1ccc(CCC(=O)O)cc1.Cl.O. The average Bonchev–Trinajstić information content (AvgIpc) is 2.88. The molecule has 0 atom stereocenters. The number of nitrogens with one attached hydrogen (secondary N) is 1. The molecule has 0 aliphatic carbocycles. The molecule has 0 radical (unpaired) electrons. The number of benzene rings is 2. The monoisotopic (exact) mass is 446 g/mol. The highest BCUT2D eigenvalue weighted by atomic mass is 35.5. The molecule has 0 saturated heterocycles. The Hall–Kier alpha value is -2.94. The first-order valence-corrected chi connectivity index (χ1v) is 9.85. The lowest BCUT2D eigenvalue weighted by Gasteiger charge is -2.08. The quantitative estimate of drug-likeness (QED) is 0.617. The van der Waals surface area contributed by atoms with Crippen LogP contribution in [0, 0.1) is 6.92 Å². The normalized spacial score (nSPS) is 12.8. The summed E-state index contributed by atoms with van der Waals surface area (Å²) in [6, 6.07) is 13.5. The largest absolute Gasteiger partial charge is 0.481 e. The Labute approximate surface area is 186 Å². The number of aryl methyl sites for hydroxylation is 2. The van der Waals surface area contributed by atoms with Gasteiger partial charge in [0.1, 0.15) is 5.82 Å². The summed E-state index contributed by atoms with van der Waals surface area (Å²) in [6.45, 7) is 3.72. The minimum atomic E-state index is -0.820. The summed E-state index contributed by atoms with van der Waals surface area (Å²) in [5, 5.41) is 16.7. The van der Waals surface area contributed by atoms with Crippen LogP contribution in [0.4, 0.5) is 0 Å². The van der Waals surface area contributed by atoms with Gasteiger partial charge in [0.15, 0.2) is 0 Å². The van der Waals surface area contributed by atoms with Crippen LogP contribution in [0.5, 0.6) is 0 Å². The molecule has 1 aromatic heterocycles. The fourth-order valence-corrected chi connectivity index (χ4v) is 3.79. The second-order valence-corrected chi connectivity index (χ2v) is 7.34. The summed E-state index contributed by atoms with van der Waals surface area (Å²) in [5.74, 6) is -0.219. The highest BCUT2D eigenvalue weighted by Gasteiger charge is 2.15. The maximum absolute atomic E-state index is 13.1. The summed E-state index contributed by atoms with van der Waals surface area (Å²) in [5.41, 5.74) is 4.78. The second-order valence-electron chi connectivity index (χ2n) is 7.34. The zero-order valence-corrected chi connectivity index (χ0v) is 18.1. The van der Waals surface area contributed by atoms with Crippen LogP contribution < -0.4 is 11.0 Å². The molecule has 1 aliphatic rings. The van der Waals surface area contributed by atoms with E-state index >= 15 is 0 Å². The van der Waals surface area contributed by atoms with E-state index in [0.29, 0.717) is 12.2 Å². The molecular weight excluding hydrogens is 420 g/mol. The fraction of sp³-hybridized carbons (Fsp3) is 0.318. The maximum Gasteiger partial charge on any atom is 0.355 e. The number of halogens is 1. The van der Waals surface area contributed by atoms with E-state index in [9.17, 15) is 9.59 Å². The predicted molar refractivity (Wildman–Crippen MR) is 121 cm³/mol. The van der Waals surface area contributed by atoms with Gasteiger partial charge in [0.2, 0.25) is 0 Å². The molecule has 3 aromatic rings. The first-order valence-electron chi connectivity index (χ1n) is 9.85. The van der Waals surface area contributed by atoms with Gasteiger partial charge in [-0.1, -0.05) is 18.2 Å². The summed E-state index contributed by atoms with van der Waals surface area (Å²) in [7, 11) is 0. The van der Waals surface area contributed by atoms with Crippen LogP contribution in [-0.4, -0.2) is 44.0 Å². The smallest absolute Gasteiger partial charge is 0.355 e.